The third-order valence-corrected chi connectivity index (χ3v) is 5.80. The van der Waals surface area contributed by atoms with Gasteiger partial charge in [-0.1, -0.05) is 83.1 Å². The predicted octanol–water partition coefficient (Wildman–Crippen LogP) is 6.07. The van der Waals surface area contributed by atoms with Crippen LogP contribution in [0.25, 0.3) is 0 Å². The van der Waals surface area contributed by atoms with Gasteiger partial charge >= 0.3 is 6.03 Å². The van der Waals surface area contributed by atoms with Crippen LogP contribution in [-0.2, 0) is 25.8 Å². The third kappa shape index (κ3) is 8.66. The first-order chi connectivity index (χ1) is 15.6. The van der Waals surface area contributed by atoms with E-state index in [2.05, 4.69) is 54.7 Å². The molecule has 4 heteroatoms. The molecule has 2 amide bonds. The lowest BCUT2D eigenvalue weighted by Gasteiger charge is -2.23. The van der Waals surface area contributed by atoms with Crippen molar-refractivity contribution in [2.75, 3.05) is 20.1 Å². The summed E-state index contributed by atoms with van der Waals surface area (Å²) in [6.45, 7) is 12.2. The van der Waals surface area contributed by atoms with Crippen LogP contribution in [0.15, 0.2) is 48.5 Å². The number of nitrogens with two attached hydrogens (primary N) is 1. The largest absolute Gasteiger partial charge is 0.338 e. The summed E-state index contributed by atoms with van der Waals surface area (Å²) in [6.07, 6.45) is 4.25. The van der Waals surface area contributed by atoms with Crippen molar-refractivity contribution in [2.45, 2.75) is 66.8 Å². The summed E-state index contributed by atoms with van der Waals surface area (Å²) in [7, 11) is 1.88. The molecule has 1 aliphatic rings. The minimum atomic E-state index is 0. The van der Waals surface area contributed by atoms with Gasteiger partial charge in [0.15, 0.2) is 0 Å². The number of fused-ring (bicyclic) bond motifs is 1. The fraction of sp³-hybridized carbons (Fsp3) is 0.536. The number of nitrogens with zero attached hydrogens (tertiary/aromatic N) is 1. The summed E-state index contributed by atoms with van der Waals surface area (Å²) in [6, 6.07) is 17.0. The SMILES string of the molecule is CC.CC.C[C@@H](Cc1ccccc1CN)CN(C)C(=O)NCCC1Cc2ccccc2C1.[HH]. The van der Waals surface area contributed by atoms with Crippen LogP contribution in [0.3, 0.4) is 0 Å². The average Bonchev–Trinajstić information content (AvgIpc) is 3.24. The summed E-state index contributed by atoms with van der Waals surface area (Å²) in [5.74, 6) is 1.03. The van der Waals surface area contributed by atoms with Gasteiger partial charge in [0, 0.05) is 28.1 Å². The zero-order valence-electron chi connectivity index (χ0n) is 21.2. The molecule has 0 saturated carbocycles. The Hall–Kier alpha value is -2.33. The standard InChI is InChI=1S/C24H33N3O.2C2H6.H2/c1-18(13-20-7-5-6-10-23(20)16-25)17-27(2)24(28)26-12-11-19-14-21-8-3-4-9-22(21)15-19;2*1-2;/h3-10,18-19H,11-17,25H2,1-2H3,(H,26,28);2*1-2H3;1H/t18-;;;/m0.../s1. The van der Waals surface area contributed by atoms with Crippen LogP contribution in [-0.4, -0.2) is 31.1 Å². The van der Waals surface area contributed by atoms with Crippen LogP contribution < -0.4 is 11.1 Å². The second-order valence-corrected chi connectivity index (χ2v) is 8.23. The molecule has 0 radical (unpaired) electrons. The number of benzene rings is 2. The minimum Gasteiger partial charge on any atom is -0.338 e. The molecule has 1 atom stereocenters. The number of nitrogens with one attached hydrogen (secondary N) is 1. The van der Waals surface area contributed by atoms with Gasteiger partial charge in [-0.05, 0) is 59.8 Å². The fourth-order valence-corrected chi connectivity index (χ4v) is 4.32. The quantitative estimate of drug-likeness (QED) is 0.522. The molecule has 0 bridgehead atoms. The topological polar surface area (TPSA) is 58.4 Å². The Morgan fingerprint density at radius 2 is 1.56 bits per heavy atom. The van der Waals surface area contributed by atoms with E-state index in [4.69, 9.17) is 5.73 Å². The van der Waals surface area contributed by atoms with Crippen molar-refractivity contribution in [2.24, 2.45) is 17.6 Å². The van der Waals surface area contributed by atoms with Crippen LogP contribution in [0, 0.1) is 11.8 Å². The molecule has 2 aromatic carbocycles. The number of hydrogen-bond donors (Lipinski definition) is 2. The maximum Gasteiger partial charge on any atom is 0.317 e. The molecule has 2 aromatic rings. The van der Waals surface area contributed by atoms with Gasteiger partial charge in [-0.3, -0.25) is 0 Å². The number of urea groups is 1. The molecule has 0 spiro atoms. The number of carbonyl (C=O) groups is 1. The molecule has 4 nitrogen and oxygen atoms in total. The highest BCUT2D eigenvalue weighted by Gasteiger charge is 2.21. The second kappa shape index (κ2) is 15.5. The Morgan fingerprint density at radius 1 is 1.03 bits per heavy atom. The smallest absolute Gasteiger partial charge is 0.317 e. The van der Waals surface area contributed by atoms with E-state index in [1.807, 2.05) is 40.8 Å². The van der Waals surface area contributed by atoms with Crippen molar-refractivity contribution in [3.05, 3.63) is 70.8 Å². The summed E-state index contributed by atoms with van der Waals surface area (Å²) >= 11 is 0. The Bertz CT molecular complexity index is 771. The summed E-state index contributed by atoms with van der Waals surface area (Å²) < 4.78 is 0. The molecule has 0 aliphatic heterocycles. The van der Waals surface area contributed by atoms with Crippen molar-refractivity contribution in [1.29, 1.82) is 0 Å². The zero-order chi connectivity index (χ0) is 23.9. The highest BCUT2D eigenvalue weighted by molar-refractivity contribution is 5.73. The maximum atomic E-state index is 12.4. The van der Waals surface area contributed by atoms with Crippen molar-refractivity contribution in [3.63, 3.8) is 0 Å². The van der Waals surface area contributed by atoms with Crippen LogP contribution in [0.4, 0.5) is 4.79 Å². The van der Waals surface area contributed by atoms with Gasteiger partial charge in [-0.25, -0.2) is 4.79 Å². The minimum absolute atomic E-state index is 0. The van der Waals surface area contributed by atoms with Gasteiger partial charge in [0.2, 0.25) is 0 Å². The van der Waals surface area contributed by atoms with Gasteiger partial charge in [-0.2, -0.15) is 0 Å². The zero-order valence-corrected chi connectivity index (χ0v) is 21.2. The molecule has 3 rings (SSSR count). The van der Waals surface area contributed by atoms with Crippen molar-refractivity contribution >= 4 is 6.03 Å². The van der Waals surface area contributed by atoms with Gasteiger partial charge in [0.25, 0.3) is 0 Å². The third-order valence-electron chi connectivity index (χ3n) is 5.80. The molecule has 0 aromatic heterocycles. The van der Waals surface area contributed by atoms with E-state index in [1.165, 1.54) is 22.3 Å². The molecular formula is C28H47N3O. The Morgan fingerprint density at radius 3 is 2.12 bits per heavy atom. The number of amides is 2. The fourth-order valence-electron chi connectivity index (χ4n) is 4.32. The predicted molar refractivity (Wildman–Crippen MR) is 140 cm³/mol. The van der Waals surface area contributed by atoms with Gasteiger partial charge in [-0.15, -0.1) is 0 Å². The van der Waals surface area contributed by atoms with E-state index in [-0.39, 0.29) is 7.46 Å². The van der Waals surface area contributed by atoms with Gasteiger partial charge in [0.1, 0.15) is 0 Å². The summed E-state index contributed by atoms with van der Waals surface area (Å²) in [4.78, 5) is 14.2. The van der Waals surface area contributed by atoms with Crippen molar-refractivity contribution in [3.8, 4) is 0 Å². The second-order valence-electron chi connectivity index (χ2n) is 8.23. The average molecular weight is 442 g/mol. The highest BCUT2D eigenvalue weighted by Crippen LogP contribution is 2.28. The molecule has 0 fully saturated rings. The van der Waals surface area contributed by atoms with Gasteiger partial charge < -0.3 is 16.0 Å². The van der Waals surface area contributed by atoms with Crippen molar-refractivity contribution < 1.29 is 6.22 Å². The van der Waals surface area contributed by atoms with Crippen LogP contribution >= 0.6 is 0 Å². The van der Waals surface area contributed by atoms with E-state index in [1.54, 1.807) is 4.90 Å². The summed E-state index contributed by atoms with van der Waals surface area (Å²) in [5, 5.41) is 3.09. The van der Waals surface area contributed by atoms with Crippen LogP contribution in [0.1, 0.15) is 64.7 Å². The Kier molecular flexibility index (Phi) is 13.4. The number of carbonyl (C=O) groups excluding carboxylic acids is 1. The molecule has 180 valence electrons. The lowest BCUT2D eigenvalue weighted by molar-refractivity contribution is 0.201. The molecular weight excluding hydrogens is 394 g/mol. The normalized spacial score (nSPS) is 13.1. The van der Waals surface area contributed by atoms with Crippen LogP contribution in [0.2, 0.25) is 0 Å². The molecule has 0 unspecified atom stereocenters. The molecule has 0 heterocycles. The monoisotopic (exact) mass is 441 g/mol. The number of rotatable bonds is 8. The lowest BCUT2D eigenvalue weighted by Crippen LogP contribution is -2.40. The van der Waals surface area contributed by atoms with E-state index in [0.29, 0.717) is 18.4 Å². The van der Waals surface area contributed by atoms with E-state index < -0.39 is 0 Å². The Labute approximate surface area is 198 Å². The Balaban J connectivity index is 0.00000194. The molecule has 3 N–H and O–H groups in total. The van der Waals surface area contributed by atoms with Crippen LogP contribution in [0.5, 0.6) is 0 Å². The first-order valence-electron chi connectivity index (χ1n) is 12.4. The highest BCUT2D eigenvalue weighted by atomic mass is 16.2. The van der Waals surface area contributed by atoms with Crippen molar-refractivity contribution in [1.82, 2.24) is 10.2 Å². The van der Waals surface area contributed by atoms with Gasteiger partial charge in [0.05, 0.1) is 0 Å². The number of hydrogen-bond acceptors (Lipinski definition) is 2. The van der Waals surface area contributed by atoms with E-state index in [0.717, 1.165) is 38.8 Å². The first-order valence-corrected chi connectivity index (χ1v) is 12.4. The molecule has 32 heavy (non-hydrogen) atoms. The lowest BCUT2D eigenvalue weighted by atomic mass is 9.96. The molecule has 0 saturated heterocycles. The molecule has 1 aliphatic carbocycles. The summed E-state index contributed by atoms with van der Waals surface area (Å²) in [5.41, 5.74) is 11.3. The van der Waals surface area contributed by atoms with E-state index in [9.17, 15) is 4.79 Å². The van der Waals surface area contributed by atoms with E-state index >= 15 is 0 Å². The first kappa shape index (κ1) is 27.7. The maximum absolute atomic E-state index is 12.4.